The van der Waals surface area contributed by atoms with E-state index in [2.05, 4.69) is 38.4 Å². The number of hydrogen-bond acceptors (Lipinski definition) is 8. The molecular formula is C24H23N9O3. The lowest BCUT2D eigenvalue weighted by atomic mass is 10.1. The molecule has 1 aliphatic rings. The molecule has 1 amide bonds. The third-order valence-electron chi connectivity index (χ3n) is 6.31. The van der Waals surface area contributed by atoms with E-state index in [1.807, 2.05) is 12.1 Å². The summed E-state index contributed by atoms with van der Waals surface area (Å²) in [4.78, 5) is 29.8. The number of aliphatic carboxylic acids is 1. The molecule has 0 bridgehead atoms. The number of amides is 1. The Morgan fingerprint density at radius 1 is 1.19 bits per heavy atom. The Hall–Kier alpha value is -4.92. The molecule has 0 saturated carbocycles. The van der Waals surface area contributed by atoms with Gasteiger partial charge in [0.1, 0.15) is 18.4 Å². The van der Waals surface area contributed by atoms with Crippen molar-refractivity contribution in [2.75, 3.05) is 23.3 Å². The zero-order chi connectivity index (χ0) is 25.4. The van der Waals surface area contributed by atoms with Gasteiger partial charge in [0.05, 0.1) is 34.7 Å². The lowest BCUT2D eigenvalue weighted by Gasteiger charge is -2.21. The molecule has 0 radical (unpaired) electrons. The molecule has 0 aromatic carbocycles. The van der Waals surface area contributed by atoms with Crippen molar-refractivity contribution in [3.05, 3.63) is 60.3 Å². The number of nitrogens with zero attached hydrogens (tertiary/aromatic N) is 7. The van der Waals surface area contributed by atoms with E-state index in [1.165, 1.54) is 10.9 Å². The Bertz CT molecular complexity index is 1500. The van der Waals surface area contributed by atoms with Crippen molar-refractivity contribution >= 4 is 28.9 Å². The van der Waals surface area contributed by atoms with Crippen LogP contribution in [0.4, 0.5) is 11.5 Å². The molecule has 1 aliphatic heterocycles. The van der Waals surface area contributed by atoms with Gasteiger partial charge in [-0.05, 0) is 24.1 Å². The van der Waals surface area contributed by atoms with Gasteiger partial charge in [-0.2, -0.15) is 15.5 Å². The third-order valence-corrected chi connectivity index (χ3v) is 6.31. The number of carbonyl (C=O) groups is 2. The van der Waals surface area contributed by atoms with E-state index in [4.69, 9.17) is 16.1 Å². The molecule has 1 saturated heterocycles. The Morgan fingerprint density at radius 2 is 2.03 bits per heavy atom. The number of pyridine rings is 1. The molecule has 36 heavy (non-hydrogen) atoms. The van der Waals surface area contributed by atoms with Gasteiger partial charge in [-0.25, -0.2) is 9.50 Å². The Labute approximate surface area is 205 Å². The minimum Gasteiger partial charge on any atom is -0.480 e. The summed E-state index contributed by atoms with van der Waals surface area (Å²) in [6.07, 6.45) is 8.01. The summed E-state index contributed by atoms with van der Waals surface area (Å²) >= 11 is 0. The molecule has 2 atom stereocenters. The van der Waals surface area contributed by atoms with Crippen molar-refractivity contribution in [3.63, 3.8) is 0 Å². The molecule has 1 fully saturated rings. The predicted octanol–water partition coefficient (Wildman–Crippen LogP) is 1.58. The summed E-state index contributed by atoms with van der Waals surface area (Å²) in [5, 5.41) is 30.0. The smallest absolute Gasteiger partial charge is 0.325 e. The first-order chi connectivity index (χ1) is 17.3. The third kappa shape index (κ3) is 4.29. The second-order valence-corrected chi connectivity index (χ2v) is 8.83. The van der Waals surface area contributed by atoms with Crippen LogP contribution in [0.3, 0.4) is 0 Å². The SMILES string of the molecule is CC1CN(c2ccc(C#N)cn2)CC1Nc1c(C(N)=O)cnn2cc(-c3cnn(CC(=O)O)c3)cc12. The normalized spacial score (nSPS) is 17.3. The van der Waals surface area contributed by atoms with Crippen molar-refractivity contribution in [1.82, 2.24) is 24.4 Å². The van der Waals surface area contributed by atoms with Gasteiger partial charge in [0.25, 0.3) is 5.91 Å². The maximum absolute atomic E-state index is 12.3. The fourth-order valence-electron chi connectivity index (χ4n) is 4.46. The van der Waals surface area contributed by atoms with Crippen LogP contribution in [0.1, 0.15) is 22.8 Å². The second kappa shape index (κ2) is 9.03. The van der Waals surface area contributed by atoms with E-state index in [-0.39, 0.29) is 24.1 Å². The zero-order valence-electron chi connectivity index (χ0n) is 19.4. The van der Waals surface area contributed by atoms with Gasteiger partial charge < -0.3 is 21.1 Å². The highest BCUT2D eigenvalue weighted by Crippen LogP contribution is 2.31. The van der Waals surface area contributed by atoms with E-state index in [0.29, 0.717) is 23.3 Å². The first-order valence-electron chi connectivity index (χ1n) is 11.3. The number of hydrogen-bond donors (Lipinski definition) is 3. The molecule has 5 rings (SSSR count). The second-order valence-electron chi connectivity index (χ2n) is 8.83. The van der Waals surface area contributed by atoms with E-state index >= 15 is 0 Å². The Kier molecular flexibility index (Phi) is 5.73. The molecule has 2 unspecified atom stereocenters. The topological polar surface area (TPSA) is 167 Å². The van der Waals surface area contributed by atoms with Crippen molar-refractivity contribution in [3.8, 4) is 17.2 Å². The summed E-state index contributed by atoms with van der Waals surface area (Å²) in [6.45, 7) is 3.26. The van der Waals surface area contributed by atoms with Gasteiger partial charge in [-0.3, -0.25) is 14.3 Å². The number of nitrogens with two attached hydrogens (primary N) is 1. The molecule has 0 aliphatic carbocycles. The van der Waals surface area contributed by atoms with Crippen LogP contribution in [0.15, 0.2) is 49.2 Å². The average Bonchev–Trinajstić information content (AvgIpc) is 3.57. The number of rotatable bonds is 7. The van der Waals surface area contributed by atoms with Gasteiger partial charge in [-0.15, -0.1) is 0 Å². The van der Waals surface area contributed by atoms with E-state index < -0.39 is 11.9 Å². The van der Waals surface area contributed by atoms with Crippen molar-refractivity contribution in [1.29, 1.82) is 5.26 Å². The minimum atomic E-state index is -0.984. The molecule has 182 valence electrons. The van der Waals surface area contributed by atoms with Crippen LogP contribution in [-0.2, 0) is 11.3 Å². The summed E-state index contributed by atoms with van der Waals surface area (Å²) in [5.74, 6) is -0.578. The highest BCUT2D eigenvalue weighted by atomic mass is 16.4. The quantitative estimate of drug-likeness (QED) is 0.352. The number of carboxylic acids is 1. The average molecular weight is 486 g/mol. The molecule has 4 aromatic heterocycles. The van der Waals surface area contributed by atoms with Crippen LogP contribution in [-0.4, -0.2) is 60.5 Å². The van der Waals surface area contributed by atoms with Gasteiger partial charge in [0.15, 0.2) is 0 Å². The highest BCUT2D eigenvalue weighted by molar-refractivity contribution is 6.02. The minimum absolute atomic E-state index is 0.0107. The fraction of sp³-hybridized carbons (Fsp3) is 0.250. The monoisotopic (exact) mass is 485 g/mol. The standard InChI is InChI=1S/C24H23N9O3/c1-14-9-31(21-3-2-15(5-25)6-27-21)12-19(14)30-23-18(24(26)36)8-29-33-11-16(4-20(23)33)17-7-28-32(10-17)13-22(34)35/h2-4,6-8,10-11,14,19,30H,9,12-13H2,1H3,(H2,26,36)(H,34,35). The molecule has 4 N–H and O–H groups in total. The number of carboxylic acid groups (broad SMARTS) is 1. The van der Waals surface area contributed by atoms with Crippen LogP contribution in [0.2, 0.25) is 0 Å². The number of primary amides is 1. The number of nitrogens with one attached hydrogen (secondary N) is 1. The summed E-state index contributed by atoms with van der Waals surface area (Å²) in [6, 6.07) is 7.50. The van der Waals surface area contributed by atoms with E-state index in [1.54, 1.807) is 35.4 Å². The van der Waals surface area contributed by atoms with Crippen molar-refractivity contribution in [2.45, 2.75) is 19.5 Å². The molecule has 0 spiro atoms. The van der Waals surface area contributed by atoms with E-state index in [0.717, 1.165) is 23.5 Å². The lowest BCUT2D eigenvalue weighted by molar-refractivity contribution is -0.137. The lowest BCUT2D eigenvalue weighted by Crippen LogP contribution is -2.30. The first kappa shape index (κ1) is 22.9. The molecule has 12 heteroatoms. The molecule has 12 nitrogen and oxygen atoms in total. The highest BCUT2D eigenvalue weighted by Gasteiger charge is 2.32. The summed E-state index contributed by atoms with van der Waals surface area (Å²) in [5.41, 5.74) is 9.19. The molecule has 5 heterocycles. The summed E-state index contributed by atoms with van der Waals surface area (Å²) in [7, 11) is 0. The van der Waals surface area contributed by atoms with Gasteiger partial charge in [-0.1, -0.05) is 6.92 Å². The largest absolute Gasteiger partial charge is 0.480 e. The Morgan fingerprint density at radius 3 is 2.72 bits per heavy atom. The number of fused-ring (bicyclic) bond motifs is 1. The number of nitriles is 1. The van der Waals surface area contributed by atoms with Gasteiger partial charge in [0.2, 0.25) is 0 Å². The van der Waals surface area contributed by atoms with Crippen LogP contribution >= 0.6 is 0 Å². The predicted molar refractivity (Wildman–Crippen MR) is 130 cm³/mol. The molecular weight excluding hydrogens is 462 g/mol. The zero-order valence-corrected chi connectivity index (χ0v) is 19.4. The number of anilines is 2. The maximum atomic E-state index is 12.3. The van der Waals surface area contributed by atoms with Crippen LogP contribution in [0.25, 0.3) is 16.6 Å². The van der Waals surface area contributed by atoms with E-state index in [9.17, 15) is 9.59 Å². The number of aromatic nitrogens is 5. The van der Waals surface area contributed by atoms with Crippen LogP contribution < -0.4 is 16.0 Å². The fourth-order valence-corrected chi connectivity index (χ4v) is 4.46. The molecule has 4 aromatic rings. The maximum Gasteiger partial charge on any atom is 0.325 e. The van der Waals surface area contributed by atoms with Gasteiger partial charge in [0, 0.05) is 48.8 Å². The van der Waals surface area contributed by atoms with Crippen molar-refractivity contribution < 1.29 is 14.7 Å². The van der Waals surface area contributed by atoms with Crippen LogP contribution in [0, 0.1) is 17.2 Å². The van der Waals surface area contributed by atoms with Crippen LogP contribution in [0.5, 0.6) is 0 Å². The first-order valence-corrected chi connectivity index (χ1v) is 11.3. The number of carbonyl (C=O) groups excluding carboxylic acids is 1. The van der Waals surface area contributed by atoms with Crippen molar-refractivity contribution in [2.24, 2.45) is 11.7 Å². The Balaban J connectivity index is 1.46. The summed E-state index contributed by atoms with van der Waals surface area (Å²) < 4.78 is 2.99. The van der Waals surface area contributed by atoms with Gasteiger partial charge >= 0.3 is 5.97 Å².